The Labute approximate surface area is 135 Å². The molecule has 23 heavy (non-hydrogen) atoms. The topological polar surface area (TPSA) is 75.1 Å². The summed E-state index contributed by atoms with van der Waals surface area (Å²) in [5.41, 5.74) is 10.3. The van der Waals surface area contributed by atoms with E-state index in [1.54, 1.807) is 6.07 Å². The second-order valence-electron chi connectivity index (χ2n) is 6.30. The summed E-state index contributed by atoms with van der Waals surface area (Å²) in [7, 11) is 0. The van der Waals surface area contributed by atoms with Gasteiger partial charge in [-0.1, -0.05) is 29.4 Å². The molecule has 0 N–H and O–H groups in total. The molecule has 0 unspecified atom stereocenters. The number of hydrogen-bond acceptors (Lipinski definition) is 3. The number of rotatable bonds is 3. The zero-order valence-electron chi connectivity index (χ0n) is 13.7. The summed E-state index contributed by atoms with van der Waals surface area (Å²) in [6.45, 7) is 7.39. The molecule has 0 saturated heterocycles. The summed E-state index contributed by atoms with van der Waals surface area (Å²) in [5, 5.41) is 5.58. The van der Waals surface area contributed by atoms with Gasteiger partial charge in [0.2, 0.25) is 0 Å². The number of nitrogens with zero attached hydrogens (tertiary/aromatic N) is 3. The number of azide groups is 1. The lowest BCUT2D eigenvalue weighted by molar-refractivity contribution is -0.148. The van der Waals surface area contributed by atoms with Crippen LogP contribution in [-0.4, -0.2) is 11.6 Å². The molecule has 0 aromatic heterocycles. The van der Waals surface area contributed by atoms with E-state index in [0.717, 1.165) is 21.9 Å². The minimum Gasteiger partial charge on any atom is -0.457 e. The summed E-state index contributed by atoms with van der Waals surface area (Å²) in [5.74, 6) is -0.353. The van der Waals surface area contributed by atoms with E-state index in [0.29, 0.717) is 5.69 Å². The van der Waals surface area contributed by atoms with Gasteiger partial charge in [-0.2, -0.15) is 0 Å². The number of ether oxygens (including phenoxy) is 1. The molecule has 0 fully saturated rings. The molecule has 2 rings (SSSR count). The molecule has 118 valence electrons. The van der Waals surface area contributed by atoms with Gasteiger partial charge in [-0.3, -0.25) is 0 Å². The Bertz CT molecular complexity index is 826. The van der Waals surface area contributed by atoms with Gasteiger partial charge < -0.3 is 4.74 Å². The zero-order valence-corrected chi connectivity index (χ0v) is 13.7. The third-order valence-electron chi connectivity index (χ3n) is 3.18. The van der Waals surface area contributed by atoms with E-state index in [-0.39, 0.29) is 5.97 Å². The molecular weight excluding hydrogens is 290 g/mol. The molecule has 2 aromatic rings. The first-order valence-electron chi connectivity index (χ1n) is 7.29. The molecule has 0 saturated carbocycles. The summed E-state index contributed by atoms with van der Waals surface area (Å²) in [4.78, 5) is 14.7. The maximum atomic E-state index is 11.9. The van der Waals surface area contributed by atoms with Crippen molar-refractivity contribution < 1.29 is 9.53 Å². The lowest BCUT2D eigenvalue weighted by atomic mass is 10.0. The highest BCUT2D eigenvalue weighted by Crippen LogP contribution is 2.25. The smallest absolute Gasteiger partial charge is 0.331 e. The highest BCUT2D eigenvalue weighted by molar-refractivity contribution is 5.94. The van der Waals surface area contributed by atoms with Crippen molar-refractivity contribution in [1.82, 2.24) is 0 Å². The van der Waals surface area contributed by atoms with Crippen LogP contribution in [0.4, 0.5) is 5.69 Å². The normalized spacial score (nSPS) is 11.9. The Morgan fingerprint density at radius 3 is 2.48 bits per heavy atom. The summed E-state index contributed by atoms with van der Waals surface area (Å²) < 4.78 is 5.30. The second kappa shape index (κ2) is 6.55. The highest BCUT2D eigenvalue weighted by Gasteiger charge is 2.14. The summed E-state index contributed by atoms with van der Waals surface area (Å²) in [6, 6.07) is 11.3. The zero-order chi connectivity index (χ0) is 17.0. The van der Waals surface area contributed by atoms with Crippen LogP contribution in [0.1, 0.15) is 33.3 Å². The fourth-order valence-corrected chi connectivity index (χ4v) is 2.18. The van der Waals surface area contributed by atoms with Crippen molar-refractivity contribution in [3.05, 3.63) is 58.5 Å². The number of carbonyl (C=O) groups excluding carboxylic acids is 1. The van der Waals surface area contributed by atoms with Gasteiger partial charge in [-0.05, 0) is 67.3 Å². The van der Waals surface area contributed by atoms with Gasteiger partial charge in [0.15, 0.2) is 0 Å². The lowest BCUT2D eigenvalue weighted by Crippen LogP contribution is -2.22. The molecular formula is C18H19N3O2. The van der Waals surface area contributed by atoms with E-state index in [1.807, 2.05) is 58.0 Å². The van der Waals surface area contributed by atoms with Gasteiger partial charge in [0.25, 0.3) is 0 Å². The molecule has 0 radical (unpaired) electrons. The largest absolute Gasteiger partial charge is 0.457 e. The van der Waals surface area contributed by atoms with Crippen molar-refractivity contribution in [1.29, 1.82) is 0 Å². The molecule has 0 atom stereocenters. The number of benzene rings is 2. The maximum absolute atomic E-state index is 11.9. The molecule has 2 aromatic carbocycles. The van der Waals surface area contributed by atoms with Crippen LogP contribution in [0.25, 0.3) is 26.8 Å². The third kappa shape index (κ3) is 4.59. The molecule has 0 bridgehead atoms. The quantitative estimate of drug-likeness (QED) is 0.246. The van der Waals surface area contributed by atoms with Crippen molar-refractivity contribution in [3.8, 4) is 0 Å². The van der Waals surface area contributed by atoms with Crippen molar-refractivity contribution >= 4 is 28.0 Å². The SMILES string of the molecule is C/C(=C\C(=O)OC(C)(C)C)c1ccc2cc(N=[N+]=[N-])ccc2c1. The Balaban J connectivity index is 2.31. The molecule has 0 aliphatic heterocycles. The van der Waals surface area contributed by atoms with Crippen LogP contribution in [0.3, 0.4) is 0 Å². The average molecular weight is 309 g/mol. The van der Waals surface area contributed by atoms with E-state index in [1.165, 1.54) is 6.08 Å². The van der Waals surface area contributed by atoms with Gasteiger partial charge in [-0.25, -0.2) is 4.79 Å². The minimum absolute atomic E-state index is 0.353. The summed E-state index contributed by atoms with van der Waals surface area (Å²) >= 11 is 0. The molecule has 5 heteroatoms. The fourth-order valence-electron chi connectivity index (χ4n) is 2.18. The van der Waals surface area contributed by atoms with Crippen LogP contribution >= 0.6 is 0 Å². The third-order valence-corrected chi connectivity index (χ3v) is 3.18. The Morgan fingerprint density at radius 2 is 1.83 bits per heavy atom. The van der Waals surface area contributed by atoms with E-state index >= 15 is 0 Å². The fraction of sp³-hybridized carbons (Fsp3) is 0.278. The standard InChI is InChI=1S/C18H19N3O2/c1-12(9-17(22)23-18(2,3)4)13-5-6-15-11-16(20-21-19)8-7-14(15)10-13/h5-11H,1-4H3/b12-9+. The van der Waals surface area contributed by atoms with Crippen LogP contribution in [0, 0.1) is 0 Å². The second-order valence-corrected chi connectivity index (χ2v) is 6.30. The molecule has 0 amide bonds. The van der Waals surface area contributed by atoms with Gasteiger partial charge in [0.05, 0.1) is 0 Å². The Morgan fingerprint density at radius 1 is 1.17 bits per heavy atom. The van der Waals surface area contributed by atoms with Gasteiger partial charge in [0.1, 0.15) is 5.60 Å². The van der Waals surface area contributed by atoms with Gasteiger partial charge in [0, 0.05) is 16.7 Å². The predicted octanol–water partition coefficient (Wildman–Crippen LogP) is 5.53. The Kier molecular flexibility index (Phi) is 4.72. The monoisotopic (exact) mass is 309 g/mol. The molecule has 5 nitrogen and oxygen atoms in total. The number of allylic oxidation sites excluding steroid dienone is 1. The first-order valence-corrected chi connectivity index (χ1v) is 7.29. The number of esters is 1. The average Bonchev–Trinajstić information content (AvgIpc) is 2.44. The van der Waals surface area contributed by atoms with Crippen LogP contribution < -0.4 is 0 Å². The first kappa shape index (κ1) is 16.6. The van der Waals surface area contributed by atoms with Crippen LogP contribution in [0.5, 0.6) is 0 Å². The number of hydrogen-bond donors (Lipinski definition) is 0. The molecule has 0 heterocycles. The van der Waals surface area contributed by atoms with Crippen molar-refractivity contribution in [2.75, 3.05) is 0 Å². The first-order chi connectivity index (χ1) is 10.8. The lowest BCUT2D eigenvalue weighted by Gasteiger charge is -2.18. The van der Waals surface area contributed by atoms with E-state index in [9.17, 15) is 4.79 Å². The molecule has 0 aliphatic carbocycles. The van der Waals surface area contributed by atoms with E-state index in [4.69, 9.17) is 10.3 Å². The highest BCUT2D eigenvalue weighted by atomic mass is 16.6. The minimum atomic E-state index is -0.505. The molecule has 0 aliphatic rings. The van der Waals surface area contributed by atoms with Gasteiger partial charge >= 0.3 is 5.97 Å². The van der Waals surface area contributed by atoms with Crippen LogP contribution in [0.15, 0.2) is 47.6 Å². The maximum Gasteiger partial charge on any atom is 0.331 e. The van der Waals surface area contributed by atoms with Gasteiger partial charge in [-0.15, -0.1) is 0 Å². The van der Waals surface area contributed by atoms with Crippen molar-refractivity contribution in [2.45, 2.75) is 33.3 Å². The number of fused-ring (bicyclic) bond motifs is 1. The van der Waals surface area contributed by atoms with E-state index < -0.39 is 5.60 Å². The van der Waals surface area contributed by atoms with Crippen LogP contribution in [0.2, 0.25) is 0 Å². The Hall–Kier alpha value is -2.78. The number of carbonyl (C=O) groups is 1. The molecule has 0 spiro atoms. The van der Waals surface area contributed by atoms with Crippen molar-refractivity contribution in [3.63, 3.8) is 0 Å². The van der Waals surface area contributed by atoms with Crippen LogP contribution in [-0.2, 0) is 9.53 Å². The van der Waals surface area contributed by atoms with E-state index in [2.05, 4.69) is 10.0 Å². The van der Waals surface area contributed by atoms with Crippen molar-refractivity contribution in [2.24, 2.45) is 5.11 Å². The summed E-state index contributed by atoms with van der Waals surface area (Å²) in [6.07, 6.45) is 1.50. The predicted molar refractivity (Wildman–Crippen MR) is 92.3 cm³/mol.